The summed E-state index contributed by atoms with van der Waals surface area (Å²) >= 11 is 0. The highest BCUT2D eigenvalue weighted by molar-refractivity contribution is 5.73. The Balaban J connectivity index is 1.45. The zero-order valence-electron chi connectivity index (χ0n) is 12.0. The monoisotopic (exact) mass is 285 g/mol. The molecule has 0 spiro atoms. The van der Waals surface area contributed by atoms with E-state index in [0.29, 0.717) is 12.5 Å². The minimum absolute atomic E-state index is 0.102. The first kappa shape index (κ1) is 13.6. The number of benzene rings is 1. The maximum atomic E-state index is 11.7. The average Bonchev–Trinajstić information content (AvgIpc) is 2.99. The number of carbonyl (C=O) groups is 1. The predicted molar refractivity (Wildman–Crippen MR) is 78.9 cm³/mol. The smallest absolute Gasteiger partial charge is 0.315 e. The lowest BCUT2D eigenvalue weighted by molar-refractivity contribution is 0.240. The van der Waals surface area contributed by atoms with E-state index in [4.69, 9.17) is 0 Å². The molecule has 0 radical (unpaired) electrons. The van der Waals surface area contributed by atoms with Crippen molar-refractivity contribution in [3.8, 4) is 5.69 Å². The van der Waals surface area contributed by atoms with Gasteiger partial charge in [-0.3, -0.25) is 0 Å². The second-order valence-electron chi connectivity index (χ2n) is 5.54. The Labute approximate surface area is 123 Å². The maximum Gasteiger partial charge on any atom is 0.315 e. The number of nitrogens with one attached hydrogen (secondary N) is 2. The van der Waals surface area contributed by atoms with Crippen molar-refractivity contribution in [3.05, 3.63) is 42.5 Å². The SMILES string of the molecule is C[C@H]1C[C@@H]1CNC(=O)NCc1ccc(-n2cncn2)cc1. The van der Waals surface area contributed by atoms with Crippen LogP contribution in [0.25, 0.3) is 5.69 Å². The van der Waals surface area contributed by atoms with Crippen LogP contribution in [0.1, 0.15) is 18.9 Å². The number of rotatable bonds is 5. The number of amides is 2. The molecule has 0 aliphatic heterocycles. The normalized spacial score (nSPS) is 20.0. The van der Waals surface area contributed by atoms with Gasteiger partial charge in [0, 0.05) is 13.1 Å². The molecule has 6 heteroatoms. The number of hydrogen-bond acceptors (Lipinski definition) is 3. The summed E-state index contributed by atoms with van der Waals surface area (Å²) in [7, 11) is 0. The van der Waals surface area contributed by atoms with Gasteiger partial charge in [-0.2, -0.15) is 5.10 Å². The minimum atomic E-state index is -0.102. The molecule has 110 valence electrons. The Hall–Kier alpha value is -2.37. The van der Waals surface area contributed by atoms with Gasteiger partial charge in [0.25, 0.3) is 0 Å². The molecule has 1 aromatic carbocycles. The van der Waals surface area contributed by atoms with Crippen LogP contribution in [0.5, 0.6) is 0 Å². The third kappa shape index (κ3) is 3.59. The molecule has 2 amide bonds. The quantitative estimate of drug-likeness (QED) is 0.878. The van der Waals surface area contributed by atoms with E-state index in [1.807, 2.05) is 24.3 Å². The summed E-state index contributed by atoms with van der Waals surface area (Å²) in [6.07, 6.45) is 4.38. The van der Waals surface area contributed by atoms with Gasteiger partial charge in [-0.05, 0) is 36.0 Å². The molecule has 0 bridgehead atoms. The Morgan fingerprint density at radius 2 is 2.10 bits per heavy atom. The van der Waals surface area contributed by atoms with Gasteiger partial charge in [-0.1, -0.05) is 19.1 Å². The van der Waals surface area contributed by atoms with E-state index in [0.717, 1.165) is 23.7 Å². The summed E-state index contributed by atoms with van der Waals surface area (Å²) in [6, 6.07) is 7.75. The van der Waals surface area contributed by atoms with Gasteiger partial charge in [-0.25, -0.2) is 14.5 Å². The summed E-state index contributed by atoms with van der Waals surface area (Å²) in [5.41, 5.74) is 2.00. The summed E-state index contributed by atoms with van der Waals surface area (Å²) in [5, 5.41) is 9.84. The van der Waals surface area contributed by atoms with Crippen LogP contribution in [0.2, 0.25) is 0 Å². The second kappa shape index (κ2) is 5.95. The Morgan fingerprint density at radius 1 is 1.33 bits per heavy atom. The standard InChI is InChI=1S/C15H19N5O/c1-11-6-13(11)8-18-15(21)17-7-12-2-4-14(5-3-12)20-10-16-9-19-20/h2-5,9-11,13H,6-8H2,1H3,(H2,17,18,21)/t11-,13+/m0/s1. The fraction of sp³-hybridized carbons (Fsp3) is 0.400. The van der Waals surface area contributed by atoms with Crippen LogP contribution < -0.4 is 10.6 Å². The van der Waals surface area contributed by atoms with E-state index >= 15 is 0 Å². The number of aromatic nitrogens is 3. The number of urea groups is 1. The van der Waals surface area contributed by atoms with Gasteiger partial charge >= 0.3 is 6.03 Å². The highest BCUT2D eigenvalue weighted by Crippen LogP contribution is 2.36. The van der Waals surface area contributed by atoms with Crippen LogP contribution in [-0.2, 0) is 6.54 Å². The predicted octanol–water partition coefficient (Wildman–Crippen LogP) is 1.72. The van der Waals surface area contributed by atoms with Crippen molar-refractivity contribution >= 4 is 6.03 Å². The molecule has 1 heterocycles. The lowest BCUT2D eigenvalue weighted by Crippen LogP contribution is -2.36. The molecule has 0 saturated heterocycles. The topological polar surface area (TPSA) is 71.8 Å². The third-order valence-electron chi connectivity index (χ3n) is 3.87. The lowest BCUT2D eigenvalue weighted by atomic mass is 10.2. The van der Waals surface area contributed by atoms with Crippen LogP contribution in [0.15, 0.2) is 36.9 Å². The fourth-order valence-electron chi connectivity index (χ4n) is 2.26. The van der Waals surface area contributed by atoms with Gasteiger partial charge in [0.1, 0.15) is 12.7 Å². The van der Waals surface area contributed by atoms with E-state index in [1.54, 1.807) is 11.0 Å². The zero-order chi connectivity index (χ0) is 14.7. The minimum Gasteiger partial charge on any atom is -0.338 e. The van der Waals surface area contributed by atoms with Gasteiger partial charge in [0.2, 0.25) is 0 Å². The van der Waals surface area contributed by atoms with Crippen molar-refractivity contribution < 1.29 is 4.79 Å². The molecule has 3 rings (SSSR count). The lowest BCUT2D eigenvalue weighted by Gasteiger charge is -2.08. The first-order valence-electron chi connectivity index (χ1n) is 7.18. The van der Waals surface area contributed by atoms with Crippen LogP contribution >= 0.6 is 0 Å². The van der Waals surface area contributed by atoms with Crippen molar-refractivity contribution in [1.29, 1.82) is 0 Å². The van der Waals surface area contributed by atoms with Gasteiger partial charge in [-0.15, -0.1) is 0 Å². The molecular weight excluding hydrogens is 266 g/mol. The maximum absolute atomic E-state index is 11.7. The highest BCUT2D eigenvalue weighted by Gasteiger charge is 2.32. The Morgan fingerprint density at radius 3 is 2.71 bits per heavy atom. The van der Waals surface area contributed by atoms with Crippen molar-refractivity contribution in [2.75, 3.05) is 6.54 Å². The average molecular weight is 285 g/mol. The Kier molecular flexibility index (Phi) is 3.85. The molecule has 0 unspecified atom stereocenters. The van der Waals surface area contributed by atoms with E-state index in [-0.39, 0.29) is 6.03 Å². The molecule has 2 atom stereocenters. The van der Waals surface area contributed by atoms with Gasteiger partial charge in [0.15, 0.2) is 0 Å². The summed E-state index contributed by atoms with van der Waals surface area (Å²) in [5.74, 6) is 1.42. The molecule has 1 aliphatic carbocycles. The highest BCUT2D eigenvalue weighted by atomic mass is 16.2. The fourth-order valence-corrected chi connectivity index (χ4v) is 2.26. The second-order valence-corrected chi connectivity index (χ2v) is 5.54. The van der Waals surface area contributed by atoms with Crippen molar-refractivity contribution in [3.63, 3.8) is 0 Å². The molecule has 6 nitrogen and oxygen atoms in total. The van der Waals surface area contributed by atoms with Crippen molar-refractivity contribution in [2.45, 2.75) is 19.9 Å². The number of hydrogen-bond donors (Lipinski definition) is 2. The summed E-state index contributed by atoms with van der Waals surface area (Å²) in [4.78, 5) is 15.6. The van der Waals surface area contributed by atoms with Crippen LogP contribution in [0.3, 0.4) is 0 Å². The molecule has 21 heavy (non-hydrogen) atoms. The Bertz CT molecular complexity index is 593. The molecule has 2 aromatic rings. The van der Waals surface area contributed by atoms with Crippen molar-refractivity contribution in [2.24, 2.45) is 11.8 Å². The van der Waals surface area contributed by atoms with Crippen LogP contribution in [-0.4, -0.2) is 27.3 Å². The van der Waals surface area contributed by atoms with E-state index in [2.05, 4.69) is 27.6 Å². The molecule has 1 fully saturated rings. The van der Waals surface area contributed by atoms with E-state index < -0.39 is 0 Å². The summed E-state index contributed by atoms with van der Waals surface area (Å²) in [6.45, 7) is 3.50. The first-order chi connectivity index (χ1) is 10.2. The third-order valence-corrected chi connectivity index (χ3v) is 3.87. The zero-order valence-corrected chi connectivity index (χ0v) is 12.0. The first-order valence-corrected chi connectivity index (χ1v) is 7.18. The largest absolute Gasteiger partial charge is 0.338 e. The van der Waals surface area contributed by atoms with Crippen LogP contribution in [0.4, 0.5) is 4.79 Å². The number of carbonyl (C=O) groups excluding carboxylic acids is 1. The van der Waals surface area contributed by atoms with E-state index in [1.165, 1.54) is 12.7 Å². The number of nitrogens with zero attached hydrogens (tertiary/aromatic N) is 3. The molecular formula is C15H19N5O. The molecule has 2 N–H and O–H groups in total. The van der Waals surface area contributed by atoms with E-state index in [9.17, 15) is 4.79 Å². The van der Waals surface area contributed by atoms with Crippen molar-refractivity contribution in [1.82, 2.24) is 25.4 Å². The van der Waals surface area contributed by atoms with Gasteiger partial charge in [0.05, 0.1) is 5.69 Å². The summed E-state index contributed by atoms with van der Waals surface area (Å²) < 4.78 is 1.70. The van der Waals surface area contributed by atoms with Gasteiger partial charge < -0.3 is 10.6 Å². The molecule has 1 aromatic heterocycles. The molecule has 1 aliphatic rings. The van der Waals surface area contributed by atoms with Crippen LogP contribution in [0, 0.1) is 11.8 Å². The molecule has 1 saturated carbocycles.